The van der Waals surface area contributed by atoms with Crippen LogP contribution in [0.25, 0.3) is 0 Å². The van der Waals surface area contributed by atoms with Crippen molar-refractivity contribution in [3.63, 3.8) is 0 Å². The average Bonchev–Trinajstić information content (AvgIpc) is 2.91. The molecule has 114 valence electrons. The zero-order valence-corrected chi connectivity index (χ0v) is 15.6. The van der Waals surface area contributed by atoms with Crippen LogP contribution in [0.3, 0.4) is 0 Å². The fraction of sp³-hybridized carbons (Fsp3) is 0.429. The van der Waals surface area contributed by atoms with E-state index in [-0.39, 0.29) is 12.5 Å². The molecule has 1 aliphatic heterocycles. The third kappa shape index (κ3) is 4.66. The Labute approximate surface area is 146 Å². The van der Waals surface area contributed by atoms with Gasteiger partial charge in [-0.25, -0.2) is 0 Å². The van der Waals surface area contributed by atoms with E-state index in [4.69, 9.17) is 17.0 Å². The van der Waals surface area contributed by atoms with Gasteiger partial charge < -0.3 is 15.0 Å². The summed E-state index contributed by atoms with van der Waals surface area (Å²) in [7, 11) is 0. The molecule has 1 fully saturated rings. The minimum Gasteiger partial charge on any atom is -0.482 e. The molecule has 1 heterocycles. The molecule has 7 heteroatoms. The summed E-state index contributed by atoms with van der Waals surface area (Å²) >= 11 is 12.1. The molecule has 2 rings (SSSR count). The van der Waals surface area contributed by atoms with Gasteiger partial charge in [-0.1, -0.05) is 15.9 Å². The monoisotopic (exact) mass is 434 g/mol. The molecule has 0 saturated carbocycles. The van der Waals surface area contributed by atoms with Gasteiger partial charge in [-0.05, 0) is 65.6 Å². The first-order chi connectivity index (χ1) is 9.97. The smallest absolute Gasteiger partial charge is 0.264 e. The van der Waals surface area contributed by atoms with E-state index in [0.29, 0.717) is 10.9 Å². The van der Waals surface area contributed by atoms with Crippen molar-refractivity contribution >= 4 is 55.1 Å². The van der Waals surface area contributed by atoms with E-state index in [1.54, 1.807) is 0 Å². The number of amides is 1. The number of nitrogens with one attached hydrogen (secondary N) is 1. The second-order valence-corrected chi connectivity index (χ2v) is 7.03. The maximum atomic E-state index is 11.9. The van der Waals surface area contributed by atoms with Gasteiger partial charge in [0.25, 0.3) is 5.91 Å². The lowest BCUT2D eigenvalue weighted by Crippen LogP contribution is -2.43. The standard InChI is InChI=1S/C14H16Br2N2O2S/c1-9-6-10(15)7-11(16)13(9)20-8-12(19)17-14(21)18-4-2-3-5-18/h6-7H,2-5,8H2,1H3,(H,17,19,21). The highest BCUT2D eigenvalue weighted by atomic mass is 79.9. The number of hydrogen-bond donors (Lipinski definition) is 1. The summed E-state index contributed by atoms with van der Waals surface area (Å²) in [5.74, 6) is 0.432. The predicted octanol–water partition coefficient (Wildman–Crippen LogP) is 3.40. The molecule has 4 nitrogen and oxygen atoms in total. The highest BCUT2D eigenvalue weighted by molar-refractivity contribution is 9.11. The molecule has 0 aromatic heterocycles. The SMILES string of the molecule is Cc1cc(Br)cc(Br)c1OCC(=O)NC(=S)N1CCCC1. The number of aryl methyl sites for hydroxylation is 1. The molecule has 0 radical (unpaired) electrons. The van der Waals surface area contributed by atoms with Crippen molar-refractivity contribution in [2.75, 3.05) is 19.7 Å². The van der Waals surface area contributed by atoms with Crippen molar-refractivity contribution < 1.29 is 9.53 Å². The summed E-state index contributed by atoms with van der Waals surface area (Å²) in [5, 5.41) is 3.20. The van der Waals surface area contributed by atoms with Gasteiger partial charge in [0.05, 0.1) is 4.47 Å². The zero-order valence-electron chi connectivity index (χ0n) is 11.6. The van der Waals surface area contributed by atoms with Crippen LogP contribution in [0.2, 0.25) is 0 Å². The van der Waals surface area contributed by atoms with E-state index < -0.39 is 0 Å². The molecule has 0 aliphatic carbocycles. The van der Waals surface area contributed by atoms with E-state index in [2.05, 4.69) is 37.2 Å². The molecule has 0 atom stereocenters. The maximum absolute atomic E-state index is 11.9. The maximum Gasteiger partial charge on any atom is 0.264 e. The molecule has 1 saturated heterocycles. The molecule has 1 aromatic rings. The second-order valence-electron chi connectivity index (χ2n) is 4.87. The molecule has 21 heavy (non-hydrogen) atoms. The van der Waals surface area contributed by atoms with E-state index in [1.165, 1.54) is 0 Å². The topological polar surface area (TPSA) is 41.6 Å². The number of rotatable bonds is 3. The molecular formula is C14H16Br2N2O2S. The summed E-state index contributed by atoms with van der Waals surface area (Å²) in [4.78, 5) is 13.9. The number of carbonyl (C=O) groups excluding carboxylic acids is 1. The molecule has 0 unspecified atom stereocenters. The van der Waals surface area contributed by atoms with Crippen LogP contribution in [0.4, 0.5) is 0 Å². The fourth-order valence-electron chi connectivity index (χ4n) is 2.16. The Balaban J connectivity index is 1.88. The molecule has 1 aliphatic rings. The molecule has 0 bridgehead atoms. The molecule has 0 spiro atoms. The summed E-state index contributed by atoms with van der Waals surface area (Å²) in [6.45, 7) is 3.70. The van der Waals surface area contributed by atoms with Crippen molar-refractivity contribution in [3.05, 3.63) is 26.6 Å². The Morgan fingerprint density at radius 3 is 2.67 bits per heavy atom. The Morgan fingerprint density at radius 2 is 2.05 bits per heavy atom. The first-order valence-corrected chi connectivity index (χ1v) is 8.64. The highest BCUT2D eigenvalue weighted by Gasteiger charge is 2.17. The number of thiocarbonyl (C=S) groups is 1. The number of halogens is 2. The lowest BCUT2D eigenvalue weighted by molar-refractivity contribution is -0.121. The average molecular weight is 436 g/mol. The third-order valence-electron chi connectivity index (χ3n) is 3.18. The predicted molar refractivity (Wildman–Crippen MR) is 93.6 cm³/mol. The van der Waals surface area contributed by atoms with Crippen LogP contribution >= 0.6 is 44.1 Å². The molecule has 1 N–H and O–H groups in total. The number of benzene rings is 1. The summed E-state index contributed by atoms with van der Waals surface area (Å²) < 4.78 is 7.36. The quantitative estimate of drug-likeness (QED) is 0.738. The van der Waals surface area contributed by atoms with Crippen LogP contribution in [-0.4, -0.2) is 35.6 Å². The van der Waals surface area contributed by atoms with Gasteiger partial charge in [0, 0.05) is 17.6 Å². The van der Waals surface area contributed by atoms with E-state index in [1.807, 2.05) is 24.0 Å². The Bertz CT molecular complexity index is 537. The zero-order chi connectivity index (χ0) is 15.4. The number of likely N-dealkylation sites (tertiary alicyclic amines) is 1. The minimum absolute atomic E-state index is 0.0605. The van der Waals surface area contributed by atoms with E-state index in [9.17, 15) is 4.79 Å². The van der Waals surface area contributed by atoms with Crippen LogP contribution in [0.1, 0.15) is 18.4 Å². The van der Waals surface area contributed by atoms with Gasteiger partial charge in [0.15, 0.2) is 11.7 Å². The first kappa shape index (κ1) is 16.7. The second kappa shape index (κ2) is 7.56. The normalized spacial score (nSPS) is 14.1. The van der Waals surface area contributed by atoms with Gasteiger partial charge in [0.1, 0.15) is 5.75 Å². The van der Waals surface area contributed by atoms with Crippen molar-refractivity contribution in [3.8, 4) is 5.75 Å². The molecule has 1 amide bonds. The summed E-state index contributed by atoms with van der Waals surface area (Å²) in [6.07, 6.45) is 2.25. The lowest BCUT2D eigenvalue weighted by Gasteiger charge is -2.19. The molecule has 1 aromatic carbocycles. The van der Waals surface area contributed by atoms with Crippen LogP contribution in [-0.2, 0) is 4.79 Å². The minimum atomic E-state index is -0.235. The number of hydrogen-bond acceptors (Lipinski definition) is 3. The van der Waals surface area contributed by atoms with Gasteiger partial charge >= 0.3 is 0 Å². The number of carbonyl (C=O) groups is 1. The van der Waals surface area contributed by atoms with Crippen molar-refractivity contribution in [2.24, 2.45) is 0 Å². The van der Waals surface area contributed by atoms with Crippen molar-refractivity contribution in [1.29, 1.82) is 0 Å². The Morgan fingerprint density at radius 1 is 1.38 bits per heavy atom. The van der Waals surface area contributed by atoms with Crippen LogP contribution < -0.4 is 10.1 Å². The Kier molecular flexibility index (Phi) is 6.01. The number of nitrogens with zero attached hydrogens (tertiary/aromatic N) is 1. The first-order valence-electron chi connectivity index (χ1n) is 6.64. The highest BCUT2D eigenvalue weighted by Crippen LogP contribution is 2.32. The van der Waals surface area contributed by atoms with Gasteiger partial charge in [-0.2, -0.15) is 0 Å². The van der Waals surface area contributed by atoms with E-state index >= 15 is 0 Å². The van der Waals surface area contributed by atoms with Crippen LogP contribution in [0.5, 0.6) is 5.75 Å². The Hall–Kier alpha value is -0.660. The van der Waals surface area contributed by atoms with Crippen molar-refractivity contribution in [1.82, 2.24) is 10.2 Å². The van der Waals surface area contributed by atoms with Crippen molar-refractivity contribution in [2.45, 2.75) is 19.8 Å². The summed E-state index contributed by atoms with van der Waals surface area (Å²) in [6, 6.07) is 3.82. The fourth-order valence-corrected chi connectivity index (χ4v) is 4.01. The lowest BCUT2D eigenvalue weighted by atomic mass is 10.2. The van der Waals surface area contributed by atoms with Crippen LogP contribution in [0, 0.1) is 6.92 Å². The summed E-state index contributed by atoms with van der Waals surface area (Å²) in [5.41, 5.74) is 0.950. The number of ether oxygens (including phenoxy) is 1. The van der Waals surface area contributed by atoms with E-state index in [0.717, 1.165) is 40.4 Å². The van der Waals surface area contributed by atoms with Crippen LogP contribution in [0.15, 0.2) is 21.1 Å². The van der Waals surface area contributed by atoms with Gasteiger partial charge in [-0.3, -0.25) is 4.79 Å². The van der Waals surface area contributed by atoms with Gasteiger partial charge in [-0.15, -0.1) is 0 Å². The van der Waals surface area contributed by atoms with Gasteiger partial charge in [0.2, 0.25) is 0 Å². The largest absolute Gasteiger partial charge is 0.482 e. The molecular weight excluding hydrogens is 420 g/mol. The third-order valence-corrected chi connectivity index (χ3v) is 4.59.